The molecule has 0 spiro atoms. The summed E-state index contributed by atoms with van der Waals surface area (Å²) in [6, 6.07) is 28.5. The number of benzene rings is 3. The minimum absolute atomic E-state index is 0.720. The Bertz CT molecular complexity index is 971. The topological polar surface area (TPSA) is 12.9 Å². The summed E-state index contributed by atoms with van der Waals surface area (Å²) in [5, 5.41) is 0.720. The molecule has 0 aliphatic carbocycles. The number of nitrogens with zero attached hydrogens (tertiary/aromatic N) is 1. The van der Waals surface area contributed by atoms with Gasteiger partial charge in [0.1, 0.15) is 0 Å². The molecule has 1 nitrogen and oxygen atoms in total. The lowest BCUT2D eigenvalue weighted by Gasteiger charge is -2.11. The summed E-state index contributed by atoms with van der Waals surface area (Å²) in [6.45, 7) is 0. The molecule has 1 aromatic heterocycles. The molecule has 0 unspecified atom stereocenters. The van der Waals surface area contributed by atoms with Crippen LogP contribution < -0.4 is 0 Å². The van der Waals surface area contributed by atoms with Crippen LogP contribution in [0.4, 0.5) is 0 Å². The van der Waals surface area contributed by atoms with Crippen LogP contribution in [0.15, 0.2) is 93.9 Å². The Morgan fingerprint density at radius 2 is 1.07 bits per heavy atom. The maximum absolute atomic E-state index is 6.22. The molecule has 4 aromatic rings. The van der Waals surface area contributed by atoms with Gasteiger partial charge in [-0.15, -0.1) is 0 Å². The summed E-state index contributed by atoms with van der Waals surface area (Å²) < 4.78 is 2.05. The molecule has 0 saturated heterocycles. The van der Waals surface area contributed by atoms with Crippen molar-refractivity contribution in [2.24, 2.45) is 0 Å². The summed E-state index contributed by atoms with van der Waals surface area (Å²) in [7, 11) is 0. The van der Waals surface area contributed by atoms with Gasteiger partial charge in [0.25, 0.3) is 0 Å². The van der Waals surface area contributed by atoms with Crippen molar-refractivity contribution < 1.29 is 0 Å². The smallest absolute Gasteiger partial charge is 0.0716 e. The van der Waals surface area contributed by atoms with Crippen LogP contribution in [0.25, 0.3) is 33.6 Å². The zero-order valence-corrected chi connectivity index (χ0v) is 18.1. The van der Waals surface area contributed by atoms with Crippen LogP contribution >= 0.6 is 43.5 Å². The number of pyridine rings is 1. The lowest BCUT2D eigenvalue weighted by molar-refractivity contribution is 1.32. The molecular weight excluding hydrogens is 486 g/mol. The molecule has 132 valence electrons. The van der Waals surface area contributed by atoms with Crippen LogP contribution in [-0.4, -0.2) is 4.98 Å². The third-order valence-electron chi connectivity index (χ3n) is 4.22. The zero-order valence-electron chi connectivity index (χ0n) is 14.2. The summed E-state index contributed by atoms with van der Waals surface area (Å²) in [5.41, 5.74) is 6.11. The molecule has 0 atom stereocenters. The molecule has 4 heteroatoms. The quantitative estimate of drug-likeness (QED) is 0.276. The van der Waals surface area contributed by atoms with E-state index in [1.807, 2.05) is 42.5 Å². The first-order chi connectivity index (χ1) is 13.1. The highest BCUT2D eigenvalue weighted by Crippen LogP contribution is 2.32. The Hall–Kier alpha value is -1.94. The zero-order chi connectivity index (χ0) is 18.8. The van der Waals surface area contributed by atoms with E-state index in [1.165, 1.54) is 0 Å². The van der Waals surface area contributed by atoms with E-state index < -0.39 is 0 Å². The molecule has 3 aromatic carbocycles. The fourth-order valence-electron chi connectivity index (χ4n) is 2.96. The average molecular weight is 500 g/mol. The first-order valence-corrected chi connectivity index (χ1v) is 10.3. The van der Waals surface area contributed by atoms with E-state index in [1.54, 1.807) is 0 Å². The van der Waals surface area contributed by atoms with Crippen LogP contribution in [0.3, 0.4) is 0 Å². The fraction of sp³-hybridized carbons (Fsp3) is 0. The highest BCUT2D eigenvalue weighted by molar-refractivity contribution is 9.10. The predicted octanol–water partition coefficient (Wildman–Crippen LogP) is 8.26. The highest BCUT2D eigenvalue weighted by atomic mass is 79.9. The molecule has 0 amide bonds. The van der Waals surface area contributed by atoms with Crippen molar-refractivity contribution in [2.75, 3.05) is 0 Å². The third kappa shape index (κ3) is 4.32. The maximum atomic E-state index is 6.22. The van der Waals surface area contributed by atoms with Crippen molar-refractivity contribution in [1.29, 1.82) is 0 Å². The SMILES string of the molecule is Clc1cccc(-c2cc(-c3cccc(Br)c3)nc(-c3cccc(Br)c3)c2)c1. The van der Waals surface area contributed by atoms with E-state index in [0.717, 1.165) is 47.6 Å². The van der Waals surface area contributed by atoms with Gasteiger partial charge in [0.15, 0.2) is 0 Å². The summed E-state index contributed by atoms with van der Waals surface area (Å²) >= 11 is 13.3. The second-order valence-electron chi connectivity index (χ2n) is 6.16. The van der Waals surface area contributed by atoms with Crippen molar-refractivity contribution in [2.45, 2.75) is 0 Å². The van der Waals surface area contributed by atoms with Gasteiger partial charge in [0.05, 0.1) is 11.4 Å². The van der Waals surface area contributed by atoms with Crippen molar-refractivity contribution in [1.82, 2.24) is 4.98 Å². The van der Waals surface area contributed by atoms with Crippen molar-refractivity contribution in [3.63, 3.8) is 0 Å². The van der Waals surface area contributed by atoms with Gasteiger partial charge < -0.3 is 0 Å². The Labute approximate surface area is 180 Å². The molecule has 0 aliphatic heterocycles. The van der Waals surface area contributed by atoms with Crippen molar-refractivity contribution >= 4 is 43.5 Å². The Morgan fingerprint density at radius 1 is 0.556 bits per heavy atom. The highest BCUT2D eigenvalue weighted by Gasteiger charge is 2.10. The molecule has 0 fully saturated rings. The average Bonchev–Trinajstić information content (AvgIpc) is 2.68. The second kappa shape index (κ2) is 7.97. The molecule has 0 aliphatic rings. The number of hydrogen-bond acceptors (Lipinski definition) is 1. The maximum Gasteiger partial charge on any atom is 0.0716 e. The van der Waals surface area contributed by atoms with Crippen LogP contribution in [-0.2, 0) is 0 Å². The Balaban J connectivity index is 1.94. The van der Waals surface area contributed by atoms with Gasteiger partial charge in [-0.2, -0.15) is 0 Å². The number of halogens is 3. The summed E-state index contributed by atoms with van der Waals surface area (Å²) in [4.78, 5) is 4.93. The van der Waals surface area contributed by atoms with E-state index in [0.29, 0.717) is 0 Å². The first-order valence-electron chi connectivity index (χ1n) is 8.38. The molecule has 4 rings (SSSR count). The number of rotatable bonds is 3. The van der Waals surface area contributed by atoms with Gasteiger partial charge in [-0.1, -0.05) is 79.9 Å². The standard InChI is InChI=1S/C23H14Br2ClN/c24-19-7-1-5-16(10-19)22-13-18(15-4-3-9-21(26)12-15)14-23(27-22)17-6-2-8-20(25)11-17/h1-14H. The van der Waals surface area contributed by atoms with E-state index in [-0.39, 0.29) is 0 Å². The fourth-order valence-corrected chi connectivity index (χ4v) is 3.95. The molecule has 0 radical (unpaired) electrons. The monoisotopic (exact) mass is 497 g/mol. The predicted molar refractivity (Wildman–Crippen MR) is 121 cm³/mol. The van der Waals surface area contributed by atoms with Gasteiger partial charge in [-0.05, 0) is 59.7 Å². The van der Waals surface area contributed by atoms with Gasteiger partial charge in [0.2, 0.25) is 0 Å². The molecule has 27 heavy (non-hydrogen) atoms. The van der Waals surface area contributed by atoms with Crippen molar-refractivity contribution in [3.8, 4) is 33.6 Å². The van der Waals surface area contributed by atoms with Gasteiger partial charge in [-0.25, -0.2) is 4.98 Å². The normalized spacial score (nSPS) is 10.8. The Morgan fingerprint density at radius 3 is 1.59 bits per heavy atom. The first kappa shape index (κ1) is 18.4. The van der Waals surface area contributed by atoms with E-state index in [4.69, 9.17) is 16.6 Å². The largest absolute Gasteiger partial charge is 0.248 e. The lowest BCUT2D eigenvalue weighted by atomic mass is 10.00. The van der Waals surface area contributed by atoms with Crippen LogP contribution in [0.5, 0.6) is 0 Å². The second-order valence-corrected chi connectivity index (χ2v) is 8.43. The van der Waals surface area contributed by atoms with E-state index in [2.05, 4.69) is 74.3 Å². The lowest BCUT2D eigenvalue weighted by Crippen LogP contribution is -1.91. The molecule has 0 N–H and O–H groups in total. The molecule has 1 heterocycles. The summed E-state index contributed by atoms with van der Waals surface area (Å²) in [5.74, 6) is 0. The molecular formula is C23H14Br2ClN. The summed E-state index contributed by atoms with van der Waals surface area (Å²) in [6.07, 6.45) is 0. The molecule has 0 saturated carbocycles. The van der Waals surface area contributed by atoms with Gasteiger partial charge >= 0.3 is 0 Å². The molecule has 0 bridgehead atoms. The minimum atomic E-state index is 0.720. The number of hydrogen-bond donors (Lipinski definition) is 0. The van der Waals surface area contributed by atoms with Crippen LogP contribution in [0, 0.1) is 0 Å². The van der Waals surface area contributed by atoms with Crippen molar-refractivity contribution in [3.05, 3.63) is 98.9 Å². The number of aromatic nitrogens is 1. The van der Waals surface area contributed by atoms with Crippen LogP contribution in [0.1, 0.15) is 0 Å². The third-order valence-corrected chi connectivity index (χ3v) is 5.45. The van der Waals surface area contributed by atoms with E-state index in [9.17, 15) is 0 Å². The van der Waals surface area contributed by atoms with Gasteiger partial charge in [-0.3, -0.25) is 0 Å². The van der Waals surface area contributed by atoms with Crippen LogP contribution in [0.2, 0.25) is 5.02 Å². The van der Waals surface area contributed by atoms with E-state index >= 15 is 0 Å². The minimum Gasteiger partial charge on any atom is -0.248 e. The van der Waals surface area contributed by atoms with Gasteiger partial charge in [0, 0.05) is 25.1 Å². The Kier molecular flexibility index (Phi) is 5.44.